The second-order valence-corrected chi connectivity index (χ2v) is 3.01. The number of aromatic nitrogens is 1. The fourth-order valence-corrected chi connectivity index (χ4v) is 1.42. The summed E-state index contributed by atoms with van der Waals surface area (Å²) in [6, 6.07) is 5.98. The first-order chi connectivity index (χ1) is 6.92. The summed E-state index contributed by atoms with van der Waals surface area (Å²) < 4.78 is 4.36. The second-order valence-electron chi connectivity index (χ2n) is 3.01. The summed E-state index contributed by atoms with van der Waals surface area (Å²) in [7, 11) is 0. The maximum atomic E-state index is 4.36. The van der Waals surface area contributed by atoms with Crippen LogP contribution in [0.2, 0.25) is 0 Å². The number of allylic oxidation sites excluding steroid dienone is 4. The summed E-state index contributed by atoms with van der Waals surface area (Å²) in [6.07, 6.45) is 9.78. The molecular formula is C12H12N2+2. The SMILES string of the molecule is CC=C1C=CC=[N+]=C1c1cccc[nH+]1. The summed E-state index contributed by atoms with van der Waals surface area (Å²) in [4.78, 5) is 3.18. The molecule has 0 fully saturated rings. The van der Waals surface area contributed by atoms with Gasteiger partial charge in [-0.1, -0.05) is 10.7 Å². The van der Waals surface area contributed by atoms with E-state index in [2.05, 4.69) is 21.8 Å². The van der Waals surface area contributed by atoms with Crippen LogP contribution >= 0.6 is 0 Å². The molecule has 0 amide bonds. The molecule has 0 bridgehead atoms. The van der Waals surface area contributed by atoms with Gasteiger partial charge in [0.1, 0.15) is 0 Å². The monoisotopic (exact) mass is 184 g/mol. The highest BCUT2D eigenvalue weighted by Gasteiger charge is 2.24. The van der Waals surface area contributed by atoms with Crippen LogP contribution in [0.15, 0.2) is 48.2 Å². The highest BCUT2D eigenvalue weighted by molar-refractivity contribution is 6.14. The quantitative estimate of drug-likeness (QED) is 0.581. The molecule has 2 nitrogen and oxygen atoms in total. The number of aromatic amines is 1. The molecule has 0 unspecified atom stereocenters. The molecule has 2 heterocycles. The summed E-state index contributed by atoms with van der Waals surface area (Å²) in [5, 5.41) is 0. The van der Waals surface area contributed by atoms with Crippen molar-refractivity contribution in [2.75, 3.05) is 0 Å². The average molecular weight is 184 g/mol. The third kappa shape index (κ3) is 1.56. The molecule has 1 aromatic heterocycles. The fraction of sp³-hybridized carbons (Fsp3) is 0.0833. The molecule has 68 valence electrons. The number of hydrogen-bond acceptors (Lipinski definition) is 0. The van der Waals surface area contributed by atoms with Gasteiger partial charge in [0.15, 0.2) is 6.20 Å². The van der Waals surface area contributed by atoms with Gasteiger partial charge in [0, 0.05) is 18.2 Å². The van der Waals surface area contributed by atoms with Crippen molar-refractivity contribution in [3.05, 3.63) is 53.9 Å². The van der Waals surface area contributed by atoms with Crippen molar-refractivity contribution in [1.82, 2.24) is 4.67 Å². The average Bonchev–Trinajstić information content (AvgIpc) is 2.30. The Morgan fingerprint density at radius 3 is 3.00 bits per heavy atom. The smallest absolute Gasteiger partial charge is 0.205 e. The van der Waals surface area contributed by atoms with Gasteiger partial charge in [0.05, 0.1) is 5.57 Å². The molecule has 1 aliphatic rings. The predicted octanol–water partition coefficient (Wildman–Crippen LogP) is 0.944. The van der Waals surface area contributed by atoms with Gasteiger partial charge in [-0.2, -0.15) is 0 Å². The standard InChI is InChI=1S/C12H11N2/c1-2-10-6-5-9-14-12(10)11-7-3-4-8-13-11/h2-9H,1H3/q+1/p+1. The Bertz CT molecular complexity index is 446. The van der Waals surface area contributed by atoms with E-state index in [0.717, 1.165) is 17.0 Å². The Morgan fingerprint density at radius 2 is 2.29 bits per heavy atom. The summed E-state index contributed by atoms with van der Waals surface area (Å²) in [5.41, 5.74) is 3.19. The van der Waals surface area contributed by atoms with Gasteiger partial charge in [-0.15, -0.1) is 0 Å². The van der Waals surface area contributed by atoms with Gasteiger partial charge in [0.25, 0.3) is 11.9 Å². The van der Waals surface area contributed by atoms with Gasteiger partial charge in [0.2, 0.25) is 0 Å². The highest BCUT2D eigenvalue weighted by Crippen LogP contribution is 2.05. The Hall–Kier alpha value is -1.92. The number of nitrogens with one attached hydrogen (secondary N) is 1. The molecule has 14 heavy (non-hydrogen) atoms. The number of hydrogen-bond donors (Lipinski definition) is 0. The lowest BCUT2D eigenvalue weighted by Crippen LogP contribution is -2.21. The van der Waals surface area contributed by atoms with Crippen molar-refractivity contribution >= 4 is 11.9 Å². The number of rotatable bonds is 1. The van der Waals surface area contributed by atoms with Gasteiger partial charge < -0.3 is 0 Å². The zero-order valence-electron chi connectivity index (χ0n) is 8.07. The van der Waals surface area contributed by atoms with Crippen LogP contribution in [0.3, 0.4) is 0 Å². The molecule has 0 aromatic carbocycles. The summed E-state index contributed by atoms with van der Waals surface area (Å²) >= 11 is 0. The lowest BCUT2D eigenvalue weighted by Gasteiger charge is -1.92. The fourth-order valence-electron chi connectivity index (χ4n) is 1.42. The largest absolute Gasteiger partial charge is 0.404 e. The van der Waals surface area contributed by atoms with E-state index in [1.807, 2.05) is 43.6 Å². The minimum atomic E-state index is 0.996. The summed E-state index contributed by atoms with van der Waals surface area (Å²) in [5.74, 6) is 0. The lowest BCUT2D eigenvalue weighted by atomic mass is 10.1. The van der Waals surface area contributed by atoms with Crippen LogP contribution in [-0.2, 0) is 0 Å². The molecule has 0 saturated heterocycles. The Balaban J connectivity index is 2.51. The van der Waals surface area contributed by atoms with Crippen LogP contribution in [0, 0.1) is 0 Å². The molecule has 2 heteroatoms. The first kappa shape index (κ1) is 8.67. The van der Waals surface area contributed by atoms with E-state index < -0.39 is 0 Å². The van der Waals surface area contributed by atoms with Crippen LogP contribution in [0.4, 0.5) is 0 Å². The van der Waals surface area contributed by atoms with Gasteiger partial charge in [-0.3, -0.25) is 0 Å². The summed E-state index contributed by atoms with van der Waals surface area (Å²) in [6.45, 7) is 2.02. The predicted molar refractivity (Wildman–Crippen MR) is 58.2 cm³/mol. The lowest BCUT2D eigenvalue weighted by molar-refractivity contribution is -0.380. The van der Waals surface area contributed by atoms with Gasteiger partial charge >= 0.3 is 5.71 Å². The number of pyridine rings is 1. The van der Waals surface area contributed by atoms with E-state index in [9.17, 15) is 0 Å². The third-order valence-corrected chi connectivity index (χ3v) is 2.11. The van der Waals surface area contributed by atoms with E-state index in [0.29, 0.717) is 0 Å². The number of H-pyrrole nitrogens is 1. The van der Waals surface area contributed by atoms with Crippen molar-refractivity contribution in [2.24, 2.45) is 0 Å². The van der Waals surface area contributed by atoms with E-state index in [1.54, 1.807) is 0 Å². The maximum absolute atomic E-state index is 4.36. The molecule has 0 aliphatic carbocycles. The van der Waals surface area contributed by atoms with Crippen molar-refractivity contribution in [1.29, 1.82) is 0 Å². The first-order valence-corrected chi connectivity index (χ1v) is 4.63. The zero-order valence-corrected chi connectivity index (χ0v) is 8.07. The molecule has 1 aliphatic heterocycles. The topological polar surface area (TPSA) is 28.2 Å². The first-order valence-electron chi connectivity index (χ1n) is 4.63. The van der Waals surface area contributed by atoms with Gasteiger partial charge in [-0.05, 0) is 19.1 Å². The highest BCUT2D eigenvalue weighted by atomic mass is 14.7. The van der Waals surface area contributed by atoms with Crippen LogP contribution in [0.5, 0.6) is 0 Å². The van der Waals surface area contributed by atoms with E-state index >= 15 is 0 Å². The third-order valence-electron chi connectivity index (χ3n) is 2.11. The van der Waals surface area contributed by atoms with E-state index in [1.165, 1.54) is 0 Å². The Kier molecular flexibility index (Phi) is 2.39. The molecule has 0 atom stereocenters. The minimum Gasteiger partial charge on any atom is -0.205 e. The van der Waals surface area contributed by atoms with Crippen molar-refractivity contribution in [2.45, 2.75) is 6.92 Å². The molecule has 2 rings (SSSR count). The normalized spacial score (nSPS) is 17.2. The molecule has 1 aromatic rings. The van der Waals surface area contributed by atoms with E-state index in [4.69, 9.17) is 0 Å². The Morgan fingerprint density at radius 1 is 1.36 bits per heavy atom. The molecular weight excluding hydrogens is 172 g/mol. The van der Waals surface area contributed by atoms with E-state index in [-0.39, 0.29) is 0 Å². The second kappa shape index (κ2) is 3.86. The molecule has 0 spiro atoms. The van der Waals surface area contributed by atoms with Crippen LogP contribution < -0.4 is 9.65 Å². The van der Waals surface area contributed by atoms with Crippen molar-refractivity contribution in [3.8, 4) is 0 Å². The molecule has 0 saturated carbocycles. The Labute approximate surface area is 83.1 Å². The van der Waals surface area contributed by atoms with Crippen molar-refractivity contribution in [3.63, 3.8) is 0 Å². The van der Waals surface area contributed by atoms with Crippen LogP contribution in [-0.4, -0.2) is 11.9 Å². The van der Waals surface area contributed by atoms with Crippen LogP contribution in [0.1, 0.15) is 12.6 Å². The zero-order chi connectivity index (χ0) is 9.80. The minimum absolute atomic E-state index is 0.996. The molecule has 1 N–H and O–H groups in total. The van der Waals surface area contributed by atoms with Crippen LogP contribution in [0.25, 0.3) is 0 Å². The molecule has 0 radical (unpaired) electrons. The maximum Gasteiger partial charge on any atom is 0.404 e. The number of nitrogens with zero attached hydrogens (tertiary/aromatic N) is 1. The van der Waals surface area contributed by atoms with Crippen molar-refractivity contribution < 1.29 is 4.98 Å². The van der Waals surface area contributed by atoms with Gasteiger partial charge in [-0.25, -0.2) is 4.98 Å².